The van der Waals surface area contributed by atoms with Gasteiger partial charge in [0.15, 0.2) is 0 Å². The van der Waals surface area contributed by atoms with Gasteiger partial charge in [0, 0.05) is 18.3 Å². The number of hydrogen-bond donors (Lipinski definition) is 1. The van der Waals surface area contributed by atoms with Crippen LogP contribution < -0.4 is 10.5 Å². The van der Waals surface area contributed by atoms with Crippen LogP contribution in [0.5, 0.6) is 5.75 Å². The minimum Gasteiger partial charge on any atom is -0.492 e. The molecule has 0 saturated heterocycles. The molecule has 27 heavy (non-hydrogen) atoms. The third kappa shape index (κ3) is 5.57. The molecule has 0 spiro atoms. The van der Waals surface area contributed by atoms with Gasteiger partial charge in [-0.3, -0.25) is 9.59 Å². The van der Waals surface area contributed by atoms with Gasteiger partial charge >= 0.3 is 5.97 Å². The number of primary amides is 1. The Morgan fingerprint density at radius 2 is 1.96 bits per heavy atom. The highest BCUT2D eigenvalue weighted by Gasteiger charge is 2.30. The number of rotatable bonds is 8. The minimum absolute atomic E-state index is 0.213. The molecule has 1 aromatic heterocycles. The van der Waals surface area contributed by atoms with Gasteiger partial charge in [-0.2, -0.15) is 0 Å². The molecule has 1 fully saturated rings. The first-order valence-electron chi connectivity index (χ1n) is 9.25. The molecule has 1 amide bonds. The van der Waals surface area contributed by atoms with Crippen molar-refractivity contribution in [2.75, 3.05) is 6.61 Å². The van der Waals surface area contributed by atoms with Crippen molar-refractivity contribution in [3.8, 4) is 5.75 Å². The number of nitrogens with zero attached hydrogens (tertiary/aromatic N) is 2. The average molecular weight is 371 g/mol. The molecule has 3 rings (SSSR count). The first kappa shape index (κ1) is 18.9. The van der Waals surface area contributed by atoms with E-state index in [1.165, 1.54) is 0 Å². The first-order chi connectivity index (χ1) is 13.1. The number of aromatic nitrogens is 2. The molecule has 7 heteroatoms. The Labute approximate surface area is 158 Å². The fourth-order valence-electron chi connectivity index (χ4n) is 3.30. The minimum atomic E-state index is -0.323. The Balaban J connectivity index is 1.41. The van der Waals surface area contributed by atoms with Gasteiger partial charge < -0.3 is 19.8 Å². The maximum atomic E-state index is 12.3. The summed E-state index contributed by atoms with van der Waals surface area (Å²) < 4.78 is 13.1. The zero-order valence-electron chi connectivity index (χ0n) is 15.3. The van der Waals surface area contributed by atoms with Crippen molar-refractivity contribution in [3.63, 3.8) is 0 Å². The molecule has 1 saturated carbocycles. The smallest absolute Gasteiger partial charge is 0.309 e. The average Bonchev–Trinajstić information content (AvgIpc) is 3.20. The molecule has 2 N–H and O–H groups in total. The third-order valence-corrected chi connectivity index (χ3v) is 4.89. The third-order valence-electron chi connectivity index (χ3n) is 4.89. The highest BCUT2D eigenvalue weighted by molar-refractivity contribution is 5.79. The molecule has 2 atom stereocenters. The lowest BCUT2D eigenvalue weighted by Crippen LogP contribution is -2.32. The van der Waals surface area contributed by atoms with E-state index in [4.69, 9.17) is 15.2 Å². The van der Waals surface area contributed by atoms with Crippen LogP contribution in [0.4, 0.5) is 0 Å². The molecule has 0 bridgehead atoms. The van der Waals surface area contributed by atoms with Crippen LogP contribution in [0.25, 0.3) is 0 Å². The summed E-state index contributed by atoms with van der Waals surface area (Å²) in [6, 6.07) is 7.49. The van der Waals surface area contributed by atoms with Crippen molar-refractivity contribution in [1.29, 1.82) is 0 Å². The zero-order valence-corrected chi connectivity index (χ0v) is 15.3. The lowest BCUT2D eigenvalue weighted by Gasteiger charge is -2.25. The predicted octanol–water partition coefficient (Wildman–Crippen LogP) is 2.30. The van der Waals surface area contributed by atoms with Crippen LogP contribution in [0.15, 0.2) is 43.0 Å². The van der Waals surface area contributed by atoms with Crippen molar-refractivity contribution < 1.29 is 19.1 Å². The second-order valence-electron chi connectivity index (χ2n) is 6.86. The fourth-order valence-corrected chi connectivity index (χ4v) is 3.30. The van der Waals surface area contributed by atoms with Crippen molar-refractivity contribution >= 4 is 11.9 Å². The number of imidazole rings is 1. The zero-order chi connectivity index (χ0) is 19.1. The molecule has 144 valence electrons. The predicted molar refractivity (Wildman–Crippen MR) is 98.6 cm³/mol. The second-order valence-corrected chi connectivity index (χ2v) is 6.86. The van der Waals surface area contributed by atoms with Crippen LogP contribution in [0.2, 0.25) is 0 Å². The van der Waals surface area contributed by atoms with Gasteiger partial charge in [0.05, 0.1) is 18.8 Å². The molecule has 1 aromatic carbocycles. The highest BCUT2D eigenvalue weighted by Crippen LogP contribution is 2.30. The number of carbonyl (C=O) groups excluding carboxylic acids is 2. The molecular weight excluding hydrogens is 346 g/mol. The standard InChI is InChI=1S/C20H25N3O4/c21-19(24)16-2-1-3-17(12-16)20(25)27-13-15-4-6-18(7-5-15)26-11-10-23-9-8-22-14-23/h4-9,14,16-17H,1-3,10-13H2,(H2,21,24). The quantitative estimate of drug-likeness (QED) is 0.718. The largest absolute Gasteiger partial charge is 0.492 e. The van der Waals surface area contributed by atoms with E-state index in [9.17, 15) is 9.59 Å². The van der Waals surface area contributed by atoms with Crippen molar-refractivity contribution in [2.24, 2.45) is 17.6 Å². The van der Waals surface area contributed by atoms with E-state index >= 15 is 0 Å². The summed E-state index contributed by atoms with van der Waals surface area (Å²) in [5, 5.41) is 0. The number of carbonyl (C=O) groups is 2. The first-order valence-corrected chi connectivity index (χ1v) is 9.25. The van der Waals surface area contributed by atoms with Crippen LogP contribution >= 0.6 is 0 Å². The second kappa shape index (κ2) is 9.21. The summed E-state index contributed by atoms with van der Waals surface area (Å²) in [5.74, 6) is -0.253. The monoisotopic (exact) mass is 371 g/mol. The molecule has 1 heterocycles. The molecule has 0 radical (unpaired) electrons. The molecule has 7 nitrogen and oxygen atoms in total. The Hall–Kier alpha value is -2.83. The Morgan fingerprint density at radius 1 is 1.19 bits per heavy atom. The van der Waals surface area contributed by atoms with Crippen molar-refractivity contribution in [3.05, 3.63) is 48.5 Å². The van der Waals surface area contributed by atoms with Gasteiger partial charge in [-0.25, -0.2) is 4.98 Å². The van der Waals surface area contributed by atoms with Gasteiger partial charge in [-0.15, -0.1) is 0 Å². The van der Waals surface area contributed by atoms with E-state index in [2.05, 4.69) is 4.98 Å². The number of amides is 1. The maximum Gasteiger partial charge on any atom is 0.309 e. The van der Waals surface area contributed by atoms with E-state index in [1.807, 2.05) is 35.0 Å². The van der Waals surface area contributed by atoms with E-state index < -0.39 is 0 Å². The number of ether oxygens (including phenoxy) is 2. The van der Waals surface area contributed by atoms with Crippen LogP contribution in [-0.4, -0.2) is 28.0 Å². The number of esters is 1. The number of hydrogen-bond acceptors (Lipinski definition) is 5. The summed E-state index contributed by atoms with van der Waals surface area (Å²) >= 11 is 0. The van der Waals surface area contributed by atoms with Crippen molar-refractivity contribution in [1.82, 2.24) is 9.55 Å². The van der Waals surface area contributed by atoms with Crippen LogP contribution in [-0.2, 0) is 27.5 Å². The van der Waals surface area contributed by atoms with E-state index in [0.29, 0.717) is 13.0 Å². The lowest BCUT2D eigenvalue weighted by molar-refractivity contribution is -0.151. The molecule has 0 aliphatic heterocycles. The maximum absolute atomic E-state index is 12.3. The number of nitrogens with two attached hydrogens (primary N) is 1. The summed E-state index contributed by atoms with van der Waals surface area (Å²) in [7, 11) is 0. The summed E-state index contributed by atoms with van der Waals surface area (Å²) in [6.07, 6.45) is 8.22. The van der Waals surface area contributed by atoms with E-state index in [-0.39, 0.29) is 30.3 Å². The highest BCUT2D eigenvalue weighted by atomic mass is 16.5. The molecule has 1 aliphatic carbocycles. The topological polar surface area (TPSA) is 96.4 Å². The summed E-state index contributed by atoms with van der Waals surface area (Å²) in [4.78, 5) is 27.6. The molecule has 2 aromatic rings. The normalized spacial score (nSPS) is 19.4. The fraction of sp³-hybridized carbons (Fsp3) is 0.450. The SMILES string of the molecule is NC(=O)C1CCCC(C(=O)OCc2ccc(OCCn3ccnc3)cc2)C1. The molecule has 1 aliphatic rings. The van der Waals surface area contributed by atoms with Crippen molar-refractivity contribution in [2.45, 2.75) is 38.8 Å². The summed E-state index contributed by atoms with van der Waals surface area (Å²) in [5.41, 5.74) is 6.26. The van der Waals surface area contributed by atoms with Crippen LogP contribution in [0.1, 0.15) is 31.2 Å². The van der Waals surface area contributed by atoms with Crippen LogP contribution in [0.3, 0.4) is 0 Å². The van der Waals surface area contributed by atoms with E-state index in [0.717, 1.165) is 37.1 Å². The Kier molecular flexibility index (Phi) is 6.46. The lowest BCUT2D eigenvalue weighted by atomic mass is 9.81. The van der Waals surface area contributed by atoms with Gasteiger partial charge in [-0.1, -0.05) is 18.6 Å². The Morgan fingerprint density at radius 3 is 2.67 bits per heavy atom. The molecule has 2 unspecified atom stereocenters. The summed E-state index contributed by atoms with van der Waals surface area (Å²) in [6.45, 7) is 1.49. The van der Waals surface area contributed by atoms with E-state index in [1.54, 1.807) is 12.5 Å². The van der Waals surface area contributed by atoms with Gasteiger partial charge in [0.1, 0.15) is 19.0 Å². The van der Waals surface area contributed by atoms with Gasteiger partial charge in [0.2, 0.25) is 5.91 Å². The Bertz CT molecular complexity index is 743. The van der Waals surface area contributed by atoms with Crippen LogP contribution in [0, 0.1) is 11.8 Å². The van der Waals surface area contributed by atoms with Gasteiger partial charge in [0.25, 0.3) is 0 Å². The number of benzene rings is 1. The van der Waals surface area contributed by atoms with Gasteiger partial charge in [-0.05, 0) is 37.0 Å². The molecular formula is C20H25N3O4.